The summed E-state index contributed by atoms with van der Waals surface area (Å²) in [6.07, 6.45) is 0.891. The number of rotatable bonds is 4. The van der Waals surface area contributed by atoms with E-state index in [4.69, 9.17) is 5.11 Å². The number of carboxylic acid groups (broad SMARTS) is 1. The lowest BCUT2D eigenvalue weighted by Crippen LogP contribution is -2.12. The van der Waals surface area contributed by atoms with E-state index in [1.165, 1.54) is 16.2 Å². The Kier molecular flexibility index (Phi) is 4.25. The van der Waals surface area contributed by atoms with Crippen LogP contribution in [-0.2, 0) is 6.42 Å². The lowest BCUT2D eigenvalue weighted by Gasteiger charge is -2.04. The minimum atomic E-state index is -1.02. The second kappa shape index (κ2) is 5.76. The van der Waals surface area contributed by atoms with Gasteiger partial charge in [0.1, 0.15) is 4.88 Å². The van der Waals surface area contributed by atoms with Crippen molar-refractivity contribution < 1.29 is 14.7 Å². The van der Waals surface area contributed by atoms with Crippen LogP contribution in [0.4, 0.5) is 5.69 Å². The first-order valence-electron chi connectivity index (χ1n) is 6.16. The summed E-state index contributed by atoms with van der Waals surface area (Å²) in [7, 11) is 0. The normalized spacial score (nSPS) is 10.6. The maximum absolute atomic E-state index is 12.2. The molecule has 2 rings (SSSR count). The van der Waals surface area contributed by atoms with Gasteiger partial charge >= 0.3 is 5.97 Å². The molecule has 0 aromatic carbocycles. The van der Waals surface area contributed by atoms with Gasteiger partial charge in [0.25, 0.3) is 5.91 Å². The molecule has 2 aromatic rings. The van der Waals surface area contributed by atoms with Crippen molar-refractivity contribution in [3.8, 4) is 0 Å². The Bertz CT molecular complexity index is 670. The number of hydrogen-bond donors (Lipinski definition) is 2. The van der Waals surface area contributed by atoms with Gasteiger partial charge in [0.15, 0.2) is 0 Å². The number of amides is 1. The zero-order valence-electron chi connectivity index (χ0n) is 11.4. The number of carbonyl (C=O) groups is 2. The van der Waals surface area contributed by atoms with Gasteiger partial charge in [-0.1, -0.05) is 6.92 Å². The number of anilines is 1. The van der Waals surface area contributed by atoms with E-state index >= 15 is 0 Å². The zero-order valence-corrected chi connectivity index (χ0v) is 13.1. The van der Waals surface area contributed by atoms with Crippen molar-refractivity contribution in [2.75, 3.05) is 5.32 Å². The van der Waals surface area contributed by atoms with E-state index in [-0.39, 0.29) is 10.8 Å². The second-order valence-electron chi connectivity index (χ2n) is 4.45. The summed E-state index contributed by atoms with van der Waals surface area (Å²) in [5, 5.41) is 13.6. The molecule has 0 aliphatic rings. The highest BCUT2D eigenvalue weighted by atomic mass is 32.1. The fourth-order valence-corrected chi connectivity index (χ4v) is 3.77. The topological polar surface area (TPSA) is 66.4 Å². The molecule has 0 radical (unpaired) electrons. The van der Waals surface area contributed by atoms with E-state index in [2.05, 4.69) is 5.32 Å². The summed E-state index contributed by atoms with van der Waals surface area (Å²) in [5.74, 6) is -1.27. The van der Waals surface area contributed by atoms with Gasteiger partial charge in [0, 0.05) is 4.88 Å². The fourth-order valence-electron chi connectivity index (χ4n) is 1.91. The Hall–Kier alpha value is -1.66. The van der Waals surface area contributed by atoms with Crippen LogP contribution in [0, 0.1) is 13.8 Å². The van der Waals surface area contributed by atoms with Gasteiger partial charge in [-0.05, 0) is 42.8 Å². The number of aromatic carboxylic acids is 1. The highest BCUT2D eigenvalue weighted by molar-refractivity contribution is 7.14. The molecule has 0 saturated carbocycles. The molecule has 4 nitrogen and oxygen atoms in total. The molecule has 6 heteroatoms. The Labute approximate surface area is 125 Å². The van der Waals surface area contributed by atoms with Crippen LogP contribution in [0.1, 0.15) is 42.3 Å². The van der Waals surface area contributed by atoms with Gasteiger partial charge in [0.2, 0.25) is 0 Å². The monoisotopic (exact) mass is 309 g/mol. The summed E-state index contributed by atoms with van der Waals surface area (Å²) in [6.45, 7) is 5.81. The molecule has 2 N–H and O–H groups in total. The molecule has 0 bridgehead atoms. The van der Waals surface area contributed by atoms with E-state index in [1.807, 2.05) is 19.9 Å². The Morgan fingerprint density at radius 2 is 2.00 bits per heavy atom. The molecular formula is C14H15NO3S2. The third-order valence-corrected chi connectivity index (χ3v) is 5.44. The molecule has 0 saturated heterocycles. The van der Waals surface area contributed by atoms with E-state index in [0.717, 1.165) is 28.9 Å². The zero-order chi connectivity index (χ0) is 14.9. The van der Waals surface area contributed by atoms with Crippen molar-refractivity contribution in [2.45, 2.75) is 27.2 Å². The molecule has 2 aromatic heterocycles. The van der Waals surface area contributed by atoms with Crippen molar-refractivity contribution in [1.29, 1.82) is 0 Å². The summed E-state index contributed by atoms with van der Waals surface area (Å²) >= 11 is 2.58. The number of thiophene rings is 2. The van der Waals surface area contributed by atoms with Crippen molar-refractivity contribution >= 4 is 40.2 Å². The predicted molar refractivity (Wildman–Crippen MR) is 82.4 cm³/mol. The first-order valence-corrected chi connectivity index (χ1v) is 7.85. The first-order chi connectivity index (χ1) is 9.43. The minimum Gasteiger partial charge on any atom is -0.477 e. The minimum absolute atomic E-state index is 0.167. The van der Waals surface area contributed by atoms with Crippen LogP contribution < -0.4 is 5.32 Å². The summed E-state index contributed by atoms with van der Waals surface area (Å²) in [6, 6.07) is 1.85. The Morgan fingerprint density at radius 1 is 1.30 bits per heavy atom. The largest absolute Gasteiger partial charge is 0.477 e. The van der Waals surface area contributed by atoms with Crippen LogP contribution >= 0.6 is 22.7 Å². The van der Waals surface area contributed by atoms with Gasteiger partial charge in [0.05, 0.1) is 10.6 Å². The Morgan fingerprint density at radius 3 is 2.55 bits per heavy atom. The number of aryl methyl sites for hydroxylation is 3. The van der Waals surface area contributed by atoms with E-state index < -0.39 is 5.97 Å². The van der Waals surface area contributed by atoms with Crippen LogP contribution in [0.2, 0.25) is 0 Å². The van der Waals surface area contributed by atoms with Crippen molar-refractivity contribution in [2.24, 2.45) is 0 Å². The summed E-state index contributed by atoms with van der Waals surface area (Å²) in [4.78, 5) is 25.3. The molecule has 0 spiro atoms. The summed E-state index contributed by atoms with van der Waals surface area (Å²) in [5.41, 5.74) is 2.27. The van der Waals surface area contributed by atoms with Crippen LogP contribution in [0.25, 0.3) is 0 Å². The predicted octanol–water partition coefficient (Wildman–Crippen LogP) is 3.94. The molecule has 0 fully saturated rings. The van der Waals surface area contributed by atoms with Gasteiger partial charge in [-0.3, -0.25) is 4.79 Å². The maximum atomic E-state index is 12.2. The average Bonchev–Trinajstić information content (AvgIpc) is 2.94. The lowest BCUT2D eigenvalue weighted by atomic mass is 10.2. The quantitative estimate of drug-likeness (QED) is 0.899. The fraction of sp³-hybridized carbons (Fsp3) is 0.286. The number of carbonyl (C=O) groups excluding carboxylic acids is 1. The molecule has 1 amide bonds. The van der Waals surface area contributed by atoms with Crippen molar-refractivity contribution in [3.05, 3.63) is 37.2 Å². The molecule has 0 unspecified atom stereocenters. The molecule has 106 valence electrons. The van der Waals surface area contributed by atoms with Gasteiger partial charge < -0.3 is 10.4 Å². The Balaban J connectivity index is 2.27. The third-order valence-electron chi connectivity index (χ3n) is 2.97. The molecule has 20 heavy (non-hydrogen) atoms. The first kappa shape index (κ1) is 14.7. The number of nitrogens with one attached hydrogen (secondary N) is 1. The smallest absolute Gasteiger partial charge is 0.348 e. The van der Waals surface area contributed by atoms with E-state index in [9.17, 15) is 9.59 Å². The SMILES string of the molecule is CCc1sc(C(=O)Nc2c(C)csc2C(=O)O)cc1C. The maximum Gasteiger partial charge on any atom is 0.348 e. The van der Waals surface area contributed by atoms with Gasteiger partial charge in [-0.25, -0.2) is 4.79 Å². The lowest BCUT2D eigenvalue weighted by molar-refractivity contribution is 0.0703. The summed E-state index contributed by atoms with van der Waals surface area (Å²) < 4.78 is 0. The standard InChI is InChI=1S/C14H15NO3S2/c1-4-9-7(2)5-10(20-9)13(16)15-11-8(3)6-19-12(11)14(17)18/h5-6H,4H2,1-3H3,(H,15,16)(H,17,18). The molecule has 2 heterocycles. The van der Waals surface area contributed by atoms with Gasteiger partial charge in [-0.2, -0.15) is 0 Å². The third kappa shape index (κ3) is 2.76. The van der Waals surface area contributed by atoms with E-state index in [1.54, 1.807) is 12.3 Å². The highest BCUT2D eigenvalue weighted by Crippen LogP contribution is 2.29. The van der Waals surface area contributed by atoms with Crippen LogP contribution in [-0.4, -0.2) is 17.0 Å². The number of carboxylic acids is 1. The average molecular weight is 309 g/mol. The number of hydrogen-bond acceptors (Lipinski definition) is 4. The highest BCUT2D eigenvalue weighted by Gasteiger charge is 2.19. The molecule has 0 aliphatic heterocycles. The van der Waals surface area contributed by atoms with Crippen molar-refractivity contribution in [1.82, 2.24) is 0 Å². The van der Waals surface area contributed by atoms with Gasteiger partial charge in [-0.15, -0.1) is 22.7 Å². The molecular weight excluding hydrogens is 294 g/mol. The molecule has 0 aliphatic carbocycles. The van der Waals surface area contributed by atoms with Crippen LogP contribution in [0.5, 0.6) is 0 Å². The molecule has 0 atom stereocenters. The van der Waals surface area contributed by atoms with Crippen LogP contribution in [0.3, 0.4) is 0 Å². The van der Waals surface area contributed by atoms with Crippen molar-refractivity contribution in [3.63, 3.8) is 0 Å². The van der Waals surface area contributed by atoms with Crippen LogP contribution in [0.15, 0.2) is 11.4 Å². The second-order valence-corrected chi connectivity index (χ2v) is 6.47. The van der Waals surface area contributed by atoms with E-state index in [0.29, 0.717) is 10.6 Å².